The number of aliphatic carboxylic acids is 1. The Bertz CT molecular complexity index is 800. The largest absolute Gasteiger partial charge is 0.480 e. The molecule has 1 aromatic carbocycles. The zero-order valence-corrected chi connectivity index (χ0v) is 14.8. The number of aryl methyl sites for hydroxylation is 1. The average molecular weight is 364 g/mol. The standard InChI is InChI=1S/C13H20N2O6S2/c1-8(2)12(13(16)17)15-22(18,19)10-5-6-11(9(3)7-10)23(20,21)14-4/h5-8,12,14-15H,1-4H3,(H,16,17)/t12-/m0/s1. The number of carboxylic acid groups (broad SMARTS) is 1. The first kappa shape index (κ1) is 19.6. The third kappa shape index (κ3) is 4.50. The molecule has 23 heavy (non-hydrogen) atoms. The smallest absolute Gasteiger partial charge is 0.322 e. The summed E-state index contributed by atoms with van der Waals surface area (Å²) in [4.78, 5) is 10.9. The molecule has 0 saturated heterocycles. The molecule has 0 bridgehead atoms. The molecular formula is C13H20N2O6S2. The van der Waals surface area contributed by atoms with Crippen molar-refractivity contribution in [3.63, 3.8) is 0 Å². The summed E-state index contributed by atoms with van der Waals surface area (Å²) in [6, 6.07) is 2.20. The van der Waals surface area contributed by atoms with E-state index in [0.29, 0.717) is 0 Å². The van der Waals surface area contributed by atoms with Crippen LogP contribution in [0.3, 0.4) is 0 Å². The van der Waals surface area contributed by atoms with E-state index in [9.17, 15) is 21.6 Å². The van der Waals surface area contributed by atoms with E-state index in [1.807, 2.05) is 0 Å². The molecule has 10 heteroatoms. The first-order valence-corrected chi connectivity index (χ1v) is 9.68. The van der Waals surface area contributed by atoms with Crippen LogP contribution in [0.25, 0.3) is 0 Å². The summed E-state index contributed by atoms with van der Waals surface area (Å²) in [5.41, 5.74) is 0.235. The van der Waals surface area contributed by atoms with Crippen molar-refractivity contribution in [3.05, 3.63) is 23.8 Å². The zero-order chi connectivity index (χ0) is 18.0. The van der Waals surface area contributed by atoms with Crippen LogP contribution in [-0.2, 0) is 24.8 Å². The van der Waals surface area contributed by atoms with Gasteiger partial charge in [-0.3, -0.25) is 4.79 Å². The Morgan fingerprint density at radius 2 is 1.70 bits per heavy atom. The van der Waals surface area contributed by atoms with Gasteiger partial charge in [0.2, 0.25) is 20.0 Å². The highest BCUT2D eigenvalue weighted by Crippen LogP contribution is 2.20. The maximum absolute atomic E-state index is 12.3. The molecule has 0 unspecified atom stereocenters. The summed E-state index contributed by atoms with van der Waals surface area (Å²) in [6.45, 7) is 4.62. The van der Waals surface area contributed by atoms with Crippen molar-refractivity contribution in [2.75, 3.05) is 7.05 Å². The first-order chi connectivity index (χ1) is 10.4. The lowest BCUT2D eigenvalue weighted by molar-refractivity contribution is -0.140. The fraction of sp³-hybridized carbons (Fsp3) is 0.462. The Hall–Kier alpha value is -1.49. The molecule has 0 aliphatic rings. The van der Waals surface area contributed by atoms with Crippen LogP contribution in [0.15, 0.2) is 28.0 Å². The monoisotopic (exact) mass is 364 g/mol. The summed E-state index contributed by atoms with van der Waals surface area (Å²) < 4.78 is 52.4. The van der Waals surface area contributed by atoms with Crippen molar-refractivity contribution in [2.24, 2.45) is 5.92 Å². The molecule has 0 fully saturated rings. The SMILES string of the molecule is CNS(=O)(=O)c1ccc(S(=O)(=O)N[C@H](C(=O)O)C(C)C)cc1C. The maximum Gasteiger partial charge on any atom is 0.322 e. The van der Waals surface area contributed by atoms with E-state index in [0.717, 1.165) is 6.07 Å². The van der Waals surface area contributed by atoms with Crippen LogP contribution in [0.2, 0.25) is 0 Å². The highest BCUT2D eigenvalue weighted by Gasteiger charge is 2.28. The van der Waals surface area contributed by atoms with Crippen molar-refractivity contribution in [1.29, 1.82) is 0 Å². The van der Waals surface area contributed by atoms with Gasteiger partial charge in [0.15, 0.2) is 0 Å². The van der Waals surface area contributed by atoms with E-state index in [2.05, 4.69) is 9.44 Å². The summed E-state index contributed by atoms with van der Waals surface area (Å²) in [5, 5.41) is 9.08. The molecule has 0 radical (unpaired) electrons. The molecule has 1 aromatic rings. The fourth-order valence-corrected chi connectivity index (χ4v) is 4.28. The minimum atomic E-state index is -4.09. The van der Waals surface area contributed by atoms with Crippen molar-refractivity contribution in [1.82, 2.24) is 9.44 Å². The molecule has 0 aliphatic carbocycles. The molecule has 8 nitrogen and oxygen atoms in total. The second kappa shape index (κ2) is 6.95. The van der Waals surface area contributed by atoms with E-state index < -0.39 is 38.0 Å². The predicted octanol–water partition coefficient (Wildman–Crippen LogP) is 0.291. The molecule has 0 aliphatic heterocycles. The third-order valence-corrected chi connectivity index (χ3v) is 6.24. The Kier molecular flexibility index (Phi) is 5.91. The van der Waals surface area contributed by atoms with Gasteiger partial charge in [-0.2, -0.15) is 4.72 Å². The van der Waals surface area contributed by atoms with E-state index in [1.54, 1.807) is 13.8 Å². The van der Waals surface area contributed by atoms with E-state index in [1.165, 1.54) is 26.1 Å². The lowest BCUT2D eigenvalue weighted by atomic mass is 10.1. The van der Waals surface area contributed by atoms with Crippen LogP contribution in [0.4, 0.5) is 0 Å². The molecule has 130 valence electrons. The fourth-order valence-electron chi connectivity index (χ4n) is 1.91. The molecular weight excluding hydrogens is 344 g/mol. The average Bonchev–Trinajstić information content (AvgIpc) is 2.43. The van der Waals surface area contributed by atoms with Gasteiger partial charge in [-0.15, -0.1) is 0 Å². The number of rotatable bonds is 7. The van der Waals surface area contributed by atoms with Gasteiger partial charge >= 0.3 is 5.97 Å². The zero-order valence-electron chi connectivity index (χ0n) is 13.2. The second-order valence-corrected chi connectivity index (χ2v) is 8.89. The van der Waals surface area contributed by atoms with Gasteiger partial charge in [-0.25, -0.2) is 21.6 Å². The van der Waals surface area contributed by atoms with Gasteiger partial charge in [-0.1, -0.05) is 13.8 Å². The molecule has 1 atom stereocenters. The minimum absolute atomic E-state index is 0.0439. The second-order valence-electron chi connectivity index (χ2n) is 5.32. The van der Waals surface area contributed by atoms with E-state index in [-0.39, 0.29) is 15.4 Å². The molecule has 0 heterocycles. The maximum atomic E-state index is 12.3. The highest BCUT2D eigenvalue weighted by molar-refractivity contribution is 7.90. The van der Waals surface area contributed by atoms with E-state index >= 15 is 0 Å². The van der Waals surface area contributed by atoms with Crippen molar-refractivity contribution in [2.45, 2.75) is 36.6 Å². The van der Waals surface area contributed by atoms with Gasteiger partial charge in [0.25, 0.3) is 0 Å². The molecule has 0 saturated carbocycles. The Morgan fingerprint density at radius 3 is 2.09 bits per heavy atom. The Balaban J connectivity index is 3.26. The number of sulfonamides is 2. The van der Waals surface area contributed by atoms with Crippen LogP contribution < -0.4 is 9.44 Å². The lowest BCUT2D eigenvalue weighted by Gasteiger charge is -2.18. The Labute approximate surface area is 136 Å². The lowest BCUT2D eigenvalue weighted by Crippen LogP contribution is -2.44. The normalized spacial score (nSPS) is 14.0. The van der Waals surface area contributed by atoms with Crippen LogP contribution in [0.1, 0.15) is 19.4 Å². The number of carboxylic acids is 1. The molecule has 0 spiro atoms. The van der Waals surface area contributed by atoms with Crippen LogP contribution in [-0.4, -0.2) is 41.0 Å². The molecule has 1 rings (SSSR count). The number of hydrogen-bond donors (Lipinski definition) is 3. The van der Waals surface area contributed by atoms with Crippen LogP contribution in [0, 0.1) is 12.8 Å². The highest BCUT2D eigenvalue weighted by atomic mass is 32.2. The first-order valence-electron chi connectivity index (χ1n) is 6.71. The van der Waals surface area contributed by atoms with Crippen molar-refractivity contribution in [3.8, 4) is 0 Å². The van der Waals surface area contributed by atoms with Gasteiger partial charge in [-0.05, 0) is 43.7 Å². The predicted molar refractivity (Wildman–Crippen MR) is 84.0 cm³/mol. The van der Waals surface area contributed by atoms with E-state index in [4.69, 9.17) is 5.11 Å². The summed E-state index contributed by atoms with van der Waals surface area (Å²) in [5.74, 6) is -1.73. The summed E-state index contributed by atoms with van der Waals surface area (Å²) in [7, 11) is -6.54. The van der Waals surface area contributed by atoms with Gasteiger partial charge < -0.3 is 5.11 Å². The van der Waals surface area contributed by atoms with Gasteiger partial charge in [0, 0.05) is 0 Å². The minimum Gasteiger partial charge on any atom is -0.480 e. The molecule has 3 N–H and O–H groups in total. The topological polar surface area (TPSA) is 130 Å². The number of hydrogen-bond acceptors (Lipinski definition) is 5. The van der Waals surface area contributed by atoms with Gasteiger partial charge in [0.1, 0.15) is 6.04 Å². The molecule has 0 aromatic heterocycles. The van der Waals surface area contributed by atoms with Crippen molar-refractivity contribution >= 4 is 26.0 Å². The number of nitrogens with one attached hydrogen (secondary N) is 2. The summed E-state index contributed by atoms with van der Waals surface area (Å²) in [6.07, 6.45) is 0. The Morgan fingerprint density at radius 1 is 1.13 bits per heavy atom. The van der Waals surface area contributed by atoms with Crippen LogP contribution in [0.5, 0.6) is 0 Å². The third-order valence-electron chi connectivity index (χ3n) is 3.23. The van der Waals surface area contributed by atoms with Gasteiger partial charge in [0.05, 0.1) is 9.79 Å². The van der Waals surface area contributed by atoms with Crippen molar-refractivity contribution < 1.29 is 26.7 Å². The number of carbonyl (C=O) groups is 1. The quantitative estimate of drug-likeness (QED) is 0.638. The van der Waals surface area contributed by atoms with Crippen LogP contribution >= 0.6 is 0 Å². The summed E-state index contributed by atoms with van der Waals surface area (Å²) >= 11 is 0. The number of benzene rings is 1. The molecule has 0 amide bonds.